The van der Waals surface area contributed by atoms with Crippen LogP contribution in [0, 0.1) is 0 Å². The molecule has 0 bridgehead atoms. The van der Waals surface area contributed by atoms with Gasteiger partial charge in [-0.1, -0.05) is 78.1 Å². The van der Waals surface area contributed by atoms with Crippen molar-refractivity contribution in [3.63, 3.8) is 0 Å². The molecular formula is C14H30. The average Bonchev–Trinajstić information content (AvgIpc) is 2.25. The van der Waals surface area contributed by atoms with Gasteiger partial charge in [-0.05, 0) is 0 Å². The van der Waals surface area contributed by atoms with E-state index in [1.54, 1.807) is 0 Å². The predicted octanol–water partition coefficient (Wildman–Crippen LogP) is 5.73. The van der Waals surface area contributed by atoms with Crippen LogP contribution in [0.2, 0.25) is 0 Å². The lowest BCUT2D eigenvalue weighted by Gasteiger charge is -1.99. The minimum atomic E-state index is 1.37. The Morgan fingerprint density at radius 3 is 0.929 bits per heavy atom. The SMILES string of the molecule is C=C.CCCCCCCCCCCC. The lowest BCUT2D eigenvalue weighted by atomic mass is 10.1. The first kappa shape index (κ1) is 16.2. The second-order valence-corrected chi connectivity index (χ2v) is 3.83. The van der Waals surface area contributed by atoms with Gasteiger partial charge in [0.25, 0.3) is 0 Å². The van der Waals surface area contributed by atoms with E-state index in [1.165, 1.54) is 64.2 Å². The summed E-state index contributed by atoms with van der Waals surface area (Å²) in [5.41, 5.74) is 0. The maximum absolute atomic E-state index is 3.00. The van der Waals surface area contributed by atoms with Gasteiger partial charge >= 0.3 is 0 Å². The van der Waals surface area contributed by atoms with Crippen LogP contribution in [0.3, 0.4) is 0 Å². The maximum Gasteiger partial charge on any atom is -0.0533 e. The van der Waals surface area contributed by atoms with Gasteiger partial charge in [0.2, 0.25) is 0 Å². The lowest BCUT2D eigenvalue weighted by molar-refractivity contribution is 0.562. The minimum Gasteiger partial charge on any atom is -0.106 e. The van der Waals surface area contributed by atoms with E-state index in [0.717, 1.165) is 0 Å². The Hall–Kier alpha value is -0.260. The van der Waals surface area contributed by atoms with Crippen molar-refractivity contribution in [2.45, 2.75) is 78.1 Å². The Bertz CT molecular complexity index is 66.1. The lowest BCUT2D eigenvalue weighted by Crippen LogP contribution is -1.80. The molecule has 0 aromatic carbocycles. The van der Waals surface area contributed by atoms with Crippen LogP contribution in [0.5, 0.6) is 0 Å². The zero-order valence-corrected chi connectivity index (χ0v) is 10.5. The average molecular weight is 198 g/mol. The van der Waals surface area contributed by atoms with E-state index in [9.17, 15) is 0 Å². The standard InChI is InChI=1S/C12H26.C2H4/c1-3-5-7-9-11-12-10-8-6-4-2;1-2/h3-12H2,1-2H3;1-2H2. The predicted molar refractivity (Wildman–Crippen MR) is 68.8 cm³/mol. The molecule has 0 aromatic rings. The molecule has 14 heavy (non-hydrogen) atoms. The zero-order chi connectivity index (χ0) is 11.1. The Balaban J connectivity index is 0. The molecule has 0 aromatic heterocycles. The van der Waals surface area contributed by atoms with E-state index in [-0.39, 0.29) is 0 Å². The molecule has 0 saturated carbocycles. The second-order valence-electron chi connectivity index (χ2n) is 3.83. The smallest absolute Gasteiger partial charge is 0.0533 e. The van der Waals surface area contributed by atoms with Crippen molar-refractivity contribution < 1.29 is 0 Å². The molecule has 0 rings (SSSR count). The maximum atomic E-state index is 3.00. The van der Waals surface area contributed by atoms with Gasteiger partial charge < -0.3 is 0 Å². The molecule has 0 heteroatoms. The van der Waals surface area contributed by atoms with Crippen LogP contribution in [0.25, 0.3) is 0 Å². The summed E-state index contributed by atoms with van der Waals surface area (Å²) in [7, 11) is 0. The van der Waals surface area contributed by atoms with Crippen LogP contribution in [-0.4, -0.2) is 0 Å². The van der Waals surface area contributed by atoms with Gasteiger partial charge in [-0.15, -0.1) is 13.2 Å². The summed E-state index contributed by atoms with van der Waals surface area (Å²) in [4.78, 5) is 0. The molecule has 86 valence electrons. The summed E-state index contributed by atoms with van der Waals surface area (Å²) in [6, 6.07) is 0. The third-order valence-corrected chi connectivity index (χ3v) is 2.46. The largest absolute Gasteiger partial charge is 0.106 e. The first-order chi connectivity index (χ1) is 6.91. The Morgan fingerprint density at radius 1 is 0.500 bits per heavy atom. The molecule has 0 aliphatic heterocycles. The van der Waals surface area contributed by atoms with E-state index in [0.29, 0.717) is 0 Å². The quantitative estimate of drug-likeness (QED) is 0.328. The van der Waals surface area contributed by atoms with Crippen molar-refractivity contribution in [1.29, 1.82) is 0 Å². The second kappa shape index (κ2) is 18.5. The van der Waals surface area contributed by atoms with Crippen molar-refractivity contribution in [2.24, 2.45) is 0 Å². The summed E-state index contributed by atoms with van der Waals surface area (Å²) in [6.45, 7) is 10.6. The fourth-order valence-electron chi connectivity index (χ4n) is 1.56. The summed E-state index contributed by atoms with van der Waals surface area (Å²) >= 11 is 0. The highest BCUT2D eigenvalue weighted by molar-refractivity contribution is 4.45. The molecule has 0 heterocycles. The molecule has 0 amide bonds. The van der Waals surface area contributed by atoms with Crippen molar-refractivity contribution in [1.82, 2.24) is 0 Å². The van der Waals surface area contributed by atoms with E-state index in [2.05, 4.69) is 27.0 Å². The summed E-state index contributed by atoms with van der Waals surface area (Å²) in [6.07, 6.45) is 14.4. The summed E-state index contributed by atoms with van der Waals surface area (Å²) < 4.78 is 0. The molecule has 0 radical (unpaired) electrons. The van der Waals surface area contributed by atoms with Crippen molar-refractivity contribution >= 4 is 0 Å². The third kappa shape index (κ3) is 17.7. The summed E-state index contributed by atoms with van der Waals surface area (Å²) in [5.74, 6) is 0. The zero-order valence-electron chi connectivity index (χ0n) is 10.5. The van der Waals surface area contributed by atoms with Gasteiger partial charge in [0.05, 0.1) is 0 Å². The molecule has 0 unspecified atom stereocenters. The molecular weight excluding hydrogens is 168 g/mol. The first-order valence-corrected chi connectivity index (χ1v) is 6.41. The number of unbranched alkanes of at least 4 members (excludes halogenated alkanes) is 9. The van der Waals surface area contributed by atoms with Crippen LogP contribution in [-0.2, 0) is 0 Å². The molecule has 0 N–H and O–H groups in total. The van der Waals surface area contributed by atoms with E-state index >= 15 is 0 Å². The molecule has 0 saturated heterocycles. The van der Waals surface area contributed by atoms with Gasteiger partial charge in [0.1, 0.15) is 0 Å². The minimum absolute atomic E-state index is 1.37. The van der Waals surface area contributed by atoms with Crippen LogP contribution in [0.1, 0.15) is 78.1 Å². The fourth-order valence-corrected chi connectivity index (χ4v) is 1.56. The molecule has 0 fully saturated rings. The van der Waals surface area contributed by atoms with Gasteiger partial charge in [0, 0.05) is 0 Å². The van der Waals surface area contributed by atoms with Crippen LogP contribution < -0.4 is 0 Å². The topological polar surface area (TPSA) is 0 Å². The Labute approximate surface area is 91.8 Å². The van der Waals surface area contributed by atoms with E-state index in [1.807, 2.05) is 0 Å². The Kier molecular flexibility index (Phi) is 21.4. The normalized spacial score (nSPS) is 9.29. The molecule has 0 aliphatic carbocycles. The molecule has 0 spiro atoms. The highest BCUT2D eigenvalue weighted by Crippen LogP contribution is 2.09. The Morgan fingerprint density at radius 2 is 0.714 bits per heavy atom. The highest BCUT2D eigenvalue weighted by Gasteiger charge is 1.90. The van der Waals surface area contributed by atoms with Gasteiger partial charge in [-0.2, -0.15) is 0 Å². The van der Waals surface area contributed by atoms with Gasteiger partial charge in [0.15, 0.2) is 0 Å². The van der Waals surface area contributed by atoms with Crippen LogP contribution >= 0.6 is 0 Å². The van der Waals surface area contributed by atoms with Crippen molar-refractivity contribution in [2.75, 3.05) is 0 Å². The monoisotopic (exact) mass is 198 g/mol. The number of rotatable bonds is 9. The van der Waals surface area contributed by atoms with Gasteiger partial charge in [-0.25, -0.2) is 0 Å². The molecule has 0 aliphatic rings. The third-order valence-electron chi connectivity index (χ3n) is 2.46. The van der Waals surface area contributed by atoms with Crippen molar-refractivity contribution in [3.8, 4) is 0 Å². The van der Waals surface area contributed by atoms with E-state index < -0.39 is 0 Å². The summed E-state index contributed by atoms with van der Waals surface area (Å²) in [5, 5.41) is 0. The van der Waals surface area contributed by atoms with Crippen LogP contribution in [0.15, 0.2) is 13.2 Å². The van der Waals surface area contributed by atoms with Gasteiger partial charge in [-0.3, -0.25) is 0 Å². The number of hydrogen-bond donors (Lipinski definition) is 0. The molecule has 0 atom stereocenters. The first-order valence-electron chi connectivity index (χ1n) is 6.41. The fraction of sp³-hybridized carbons (Fsp3) is 0.857. The van der Waals surface area contributed by atoms with E-state index in [4.69, 9.17) is 0 Å². The number of hydrogen-bond acceptors (Lipinski definition) is 0. The van der Waals surface area contributed by atoms with Crippen LogP contribution in [0.4, 0.5) is 0 Å². The highest BCUT2D eigenvalue weighted by atomic mass is 14.0. The molecule has 0 nitrogen and oxygen atoms in total. The van der Waals surface area contributed by atoms with Crippen molar-refractivity contribution in [3.05, 3.63) is 13.2 Å².